The van der Waals surface area contributed by atoms with Gasteiger partial charge in [0.25, 0.3) is 11.8 Å². The van der Waals surface area contributed by atoms with Gasteiger partial charge in [-0.25, -0.2) is 8.78 Å². The van der Waals surface area contributed by atoms with Gasteiger partial charge in [0.1, 0.15) is 11.6 Å². The average Bonchev–Trinajstić information content (AvgIpc) is 2.62. The predicted octanol–water partition coefficient (Wildman–Crippen LogP) is 3.77. The van der Waals surface area contributed by atoms with Crippen molar-refractivity contribution < 1.29 is 18.4 Å². The summed E-state index contributed by atoms with van der Waals surface area (Å²) in [5, 5.41) is 5.50. The van der Waals surface area contributed by atoms with Gasteiger partial charge in [-0.2, -0.15) is 0 Å². The maximum atomic E-state index is 13.6. The fourth-order valence-electron chi connectivity index (χ4n) is 2.37. The van der Waals surface area contributed by atoms with Gasteiger partial charge >= 0.3 is 0 Å². The lowest BCUT2D eigenvalue weighted by molar-refractivity contribution is 0.0919. The molecule has 0 unspecified atom stereocenters. The second-order valence-corrected chi connectivity index (χ2v) is 7.46. The fraction of sp³-hybridized carbons (Fsp3) is 0.333. The van der Waals surface area contributed by atoms with E-state index in [4.69, 9.17) is 0 Å². The summed E-state index contributed by atoms with van der Waals surface area (Å²) in [6, 6.07) is 8.63. The molecular weight excluding hydrogens is 350 g/mol. The van der Waals surface area contributed by atoms with Crippen molar-refractivity contribution in [2.24, 2.45) is 5.41 Å². The van der Waals surface area contributed by atoms with Crippen LogP contribution in [0.4, 0.5) is 8.78 Å². The SMILES string of the molecule is Cc1ccc(C(=O)NCC(C)(C)CNC(=O)c2ccc(C)c(F)c2)cc1F. The second-order valence-electron chi connectivity index (χ2n) is 7.46. The van der Waals surface area contributed by atoms with Gasteiger partial charge in [0, 0.05) is 24.2 Å². The van der Waals surface area contributed by atoms with Gasteiger partial charge in [0.05, 0.1) is 0 Å². The maximum Gasteiger partial charge on any atom is 0.251 e. The number of nitrogens with one attached hydrogen (secondary N) is 2. The Bertz CT molecular complexity index is 794. The molecule has 4 nitrogen and oxygen atoms in total. The third-order valence-electron chi connectivity index (χ3n) is 4.32. The summed E-state index contributed by atoms with van der Waals surface area (Å²) in [5.41, 5.74) is 0.989. The van der Waals surface area contributed by atoms with Gasteiger partial charge in [-0.15, -0.1) is 0 Å². The molecule has 0 aliphatic heterocycles. The normalized spacial score (nSPS) is 11.2. The van der Waals surface area contributed by atoms with Gasteiger partial charge in [0.15, 0.2) is 0 Å². The standard InChI is InChI=1S/C21H24F2N2O2/c1-13-5-7-15(9-17(13)22)19(26)24-11-21(3,4)12-25-20(27)16-8-6-14(2)18(23)10-16/h5-10H,11-12H2,1-4H3,(H,24,26)(H,25,27). The Hall–Kier alpha value is -2.76. The van der Waals surface area contributed by atoms with Crippen LogP contribution in [0.5, 0.6) is 0 Å². The third kappa shape index (κ3) is 5.61. The highest BCUT2D eigenvalue weighted by atomic mass is 19.1. The van der Waals surface area contributed by atoms with Crippen molar-refractivity contribution in [2.75, 3.05) is 13.1 Å². The van der Waals surface area contributed by atoms with Crippen molar-refractivity contribution in [2.45, 2.75) is 27.7 Å². The number of halogens is 2. The maximum absolute atomic E-state index is 13.6. The Morgan fingerprint density at radius 1 is 0.815 bits per heavy atom. The zero-order valence-corrected chi connectivity index (χ0v) is 16.0. The molecule has 2 amide bonds. The molecule has 0 saturated carbocycles. The first-order valence-electron chi connectivity index (χ1n) is 8.68. The lowest BCUT2D eigenvalue weighted by Crippen LogP contribution is -2.42. The van der Waals surface area contributed by atoms with Crippen molar-refractivity contribution in [1.82, 2.24) is 10.6 Å². The number of aryl methyl sites for hydroxylation is 2. The van der Waals surface area contributed by atoms with E-state index < -0.39 is 17.0 Å². The molecule has 0 aliphatic rings. The molecule has 0 fully saturated rings. The van der Waals surface area contributed by atoms with E-state index in [1.54, 1.807) is 38.1 Å². The van der Waals surface area contributed by atoms with Gasteiger partial charge in [-0.05, 0) is 54.7 Å². The van der Waals surface area contributed by atoms with Crippen LogP contribution in [-0.4, -0.2) is 24.9 Å². The van der Waals surface area contributed by atoms with E-state index in [0.29, 0.717) is 11.1 Å². The molecular formula is C21H24F2N2O2. The molecule has 2 N–H and O–H groups in total. The van der Waals surface area contributed by atoms with E-state index in [0.717, 1.165) is 0 Å². The summed E-state index contributed by atoms with van der Waals surface area (Å²) in [6.07, 6.45) is 0. The summed E-state index contributed by atoms with van der Waals surface area (Å²) in [6.45, 7) is 7.57. The number of benzene rings is 2. The molecule has 0 atom stereocenters. The molecule has 0 saturated heterocycles. The zero-order valence-electron chi connectivity index (χ0n) is 16.0. The van der Waals surface area contributed by atoms with Crippen molar-refractivity contribution in [3.8, 4) is 0 Å². The third-order valence-corrected chi connectivity index (χ3v) is 4.32. The number of rotatable bonds is 6. The molecule has 0 spiro atoms. The van der Waals surface area contributed by atoms with Crippen LogP contribution in [0.25, 0.3) is 0 Å². The minimum atomic E-state index is -0.447. The van der Waals surface area contributed by atoms with Gasteiger partial charge < -0.3 is 10.6 Å². The molecule has 27 heavy (non-hydrogen) atoms. The summed E-state index contributed by atoms with van der Waals surface area (Å²) < 4.78 is 27.2. The van der Waals surface area contributed by atoms with Crippen molar-refractivity contribution in [3.05, 3.63) is 70.3 Å². The number of carbonyl (C=O) groups is 2. The van der Waals surface area contributed by atoms with Crippen LogP contribution in [0, 0.1) is 30.9 Å². The highest BCUT2D eigenvalue weighted by Crippen LogP contribution is 2.15. The lowest BCUT2D eigenvalue weighted by atomic mass is 9.93. The van der Waals surface area contributed by atoms with Gasteiger partial charge in [-0.3, -0.25) is 9.59 Å². The first-order valence-corrected chi connectivity index (χ1v) is 8.68. The first-order chi connectivity index (χ1) is 12.6. The minimum Gasteiger partial charge on any atom is -0.351 e. The van der Waals surface area contributed by atoms with Crippen molar-refractivity contribution in [1.29, 1.82) is 0 Å². The van der Waals surface area contributed by atoms with E-state index in [9.17, 15) is 18.4 Å². The average molecular weight is 374 g/mol. The largest absolute Gasteiger partial charge is 0.351 e. The van der Waals surface area contributed by atoms with Crippen LogP contribution >= 0.6 is 0 Å². The Morgan fingerprint density at radius 2 is 1.19 bits per heavy atom. The predicted molar refractivity (Wildman–Crippen MR) is 101 cm³/mol. The van der Waals surface area contributed by atoms with Crippen LogP contribution in [-0.2, 0) is 0 Å². The molecule has 0 radical (unpaired) electrons. The number of hydrogen-bond donors (Lipinski definition) is 2. The summed E-state index contributed by atoms with van der Waals surface area (Å²) in [4.78, 5) is 24.4. The van der Waals surface area contributed by atoms with Crippen LogP contribution < -0.4 is 10.6 Å². The van der Waals surface area contributed by atoms with Crippen LogP contribution in [0.1, 0.15) is 45.7 Å². The Balaban J connectivity index is 1.90. The second kappa shape index (κ2) is 8.29. The summed E-state index contributed by atoms with van der Waals surface area (Å²) in [7, 11) is 0. The lowest BCUT2D eigenvalue weighted by Gasteiger charge is -2.25. The van der Waals surface area contributed by atoms with Gasteiger partial charge in [0.2, 0.25) is 0 Å². The molecule has 2 aromatic carbocycles. The van der Waals surface area contributed by atoms with Crippen molar-refractivity contribution in [3.63, 3.8) is 0 Å². The zero-order chi connectivity index (χ0) is 20.2. The van der Waals surface area contributed by atoms with E-state index in [1.807, 2.05) is 13.8 Å². The molecule has 0 heterocycles. The summed E-state index contributed by atoms with van der Waals surface area (Å²) >= 11 is 0. The molecule has 144 valence electrons. The highest BCUT2D eigenvalue weighted by Gasteiger charge is 2.21. The Morgan fingerprint density at radius 3 is 1.52 bits per heavy atom. The minimum absolute atomic E-state index is 0.244. The van der Waals surface area contributed by atoms with Crippen molar-refractivity contribution >= 4 is 11.8 Å². The molecule has 2 aromatic rings. The monoisotopic (exact) mass is 374 g/mol. The molecule has 2 rings (SSSR count). The number of carbonyl (C=O) groups excluding carboxylic acids is 2. The highest BCUT2D eigenvalue weighted by molar-refractivity contribution is 5.95. The van der Waals surface area contributed by atoms with Crippen LogP contribution in [0.15, 0.2) is 36.4 Å². The number of hydrogen-bond acceptors (Lipinski definition) is 2. The van der Waals surface area contributed by atoms with E-state index in [-0.39, 0.29) is 36.0 Å². The first kappa shape index (κ1) is 20.6. The van der Waals surface area contributed by atoms with E-state index in [2.05, 4.69) is 10.6 Å². The Labute approximate surface area is 158 Å². The van der Waals surface area contributed by atoms with Crippen LogP contribution in [0.3, 0.4) is 0 Å². The van der Waals surface area contributed by atoms with Crippen LogP contribution in [0.2, 0.25) is 0 Å². The quantitative estimate of drug-likeness (QED) is 0.809. The van der Waals surface area contributed by atoms with E-state index >= 15 is 0 Å². The number of amides is 2. The smallest absolute Gasteiger partial charge is 0.251 e. The fourth-order valence-corrected chi connectivity index (χ4v) is 2.37. The van der Waals surface area contributed by atoms with Gasteiger partial charge in [-0.1, -0.05) is 26.0 Å². The van der Waals surface area contributed by atoms with E-state index in [1.165, 1.54) is 12.1 Å². The summed E-state index contributed by atoms with van der Waals surface area (Å²) in [5.74, 6) is -1.62. The molecule has 0 bridgehead atoms. The molecule has 0 aromatic heterocycles. The topological polar surface area (TPSA) is 58.2 Å². The Kier molecular flexibility index (Phi) is 6.31. The molecule has 6 heteroatoms. The molecule has 0 aliphatic carbocycles.